The van der Waals surface area contributed by atoms with Gasteiger partial charge in [0.25, 0.3) is 0 Å². The summed E-state index contributed by atoms with van der Waals surface area (Å²) in [6, 6.07) is 11.5. The lowest BCUT2D eigenvalue weighted by atomic mass is 10.2. The molecule has 0 aliphatic rings. The van der Waals surface area contributed by atoms with Crippen molar-refractivity contribution < 1.29 is 5.11 Å². The van der Waals surface area contributed by atoms with E-state index < -0.39 is 0 Å². The van der Waals surface area contributed by atoms with Crippen LogP contribution in [0.1, 0.15) is 12.0 Å². The molecule has 7 nitrogen and oxygen atoms in total. The van der Waals surface area contributed by atoms with Gasteiger partial charge < -0.3 is 15.7 Å². The Kier molecular flexibility index (Phi) is 5.84. The van der Waals surface area contributed by atoms with E-state index in [-0.39, 0.29) is 6.61 Å². The van der Waals surface area contributed by atoms with Gasteiger partial charge >= 0.3 is 0 Å². The Bertz CT molecular complexity index is 782. The van der Waals surface area contributed by atoms with Crippen LogP contribution >= 0.6 is 0 Å². The fourth-order valence-electron chi connectivity index (χ4n) is 2.24. The monoisotopic (exact) mass is 336 g/mol. The van der Waals surface area contributed by atoms with E-state index in [0.717, 1.165) is 17.0 Å². The topological polar surface area (TPSA) is 95.8 Å². The third kappa shape index (κ3) is 4.95. The van der Waals surface area contributed by atoms with Gasteiger partial charge in [-0.1, -0.05) is 12.1 Å². The number of hydrogen-bond donors (Lipinski definition) is 3. The van der Waals surface area contributed by atoms with Crippen molar-refractivity contribution in [1.82, 2.24) is 19.9 Å². The van der Waals surface area contributed by atoms with E-state index in [9.17, 15) is 0 Å². The lowest BCUT2D eigenvalue weighted by molar-refractivity contribution is 0.292. The molecule has 3 aromatic rings. The molecule has 0 saturated carbocycles. The van der Waals surface area contributed by atoms with Gasteiger partial charge in [0.15, 0.2) is 0 Å². The number of pyridine rings is 2. The van der Waals surface area contributed by atoms with Gasteiger partial charge in [-0.3, -0.25) is 9.97 Å². The van der Waals surface area contributed by atoms with Crippen LogP contribution in [0.3, 0.4) is 0 Å². The van der Waals surface area contributed by atoms with Gasteiger partial charge in [-0.2, -0.15) is 4.98 Å². The number of aromatic nitrogens is 4. The minimum Gasteiger partial charge on any atom is -0.396 e. The lowest BCUT2D eigenvalue weighted by Crippen LogP contribution is -2.10. The summed E-state index contributed by atoms with van der Waals surface area (Å²) in [7, 11) is 0. The summed E-state index contributed by atoms with van der Waals surface area (Å²) in [6.07, 6.45) is 5.93. The van der Waals surface area contributed by atoms with E-state index in [1.165, 1.54) is 0 Å². The zero-order valence-corrected chi connectivity index (χ0v) is 13.8. The molecule has 0 spiro atoms. The molecule has 25 heavy (non-hydrogen) atoms. The van der Waals surface area contributed by atoms with Crippen molar-refractivity contribution in [1.29, 1.82) is 0 Å². The fourth-order valence-corrected chi connectivity index (χ4v) is 2.24. The number of rotatable bonds is 8. The van der Waals surface area contributed by atoms with E-state index in [4.69, 9.17) is 5.11 Å². The van der Waals surface area contributed by atoms with Crippen LogP contribution in [0.15, 0.2) is 55.0 Å². The highest BCUT2D eigenvalue weighted by Crippen LogP contribution is 2.20. The van der Waals surface area contributed by atoms with Crippen molar-refractivity contribution in [3.63, 3.8) is 0 Å². The average Bonchev–Trinajstić information content (AvgIpc) is 2.68. The molecule has 3 rings (SSSR count). The summed E-state index contributed by atoms with van der Waals surface area (Å²) in [6.45, 7) is 1.34. The normalized spacial score (nSPS) is 10.4. The Morgan fingerprint density at radius 3 is 2.68 bits per heavy atom. The van der Waals surface area contributed by atoms with Crippen LogP contribution in [0.2, 0.25) is 0 Å². The first-order valence-corrected chi connectivity index (χ1v) is 8.13. The molecule has 0 atom stereocenters. The Balaban J connectivity index is 1.81. The molecule has 0 saturated heterocycles. The maximum absolute atomic E-state index is 8.93. The SMILES string of the molecule is OCCCNc1nc(NCc2cccnc2)cc(-c2ccccn2)n1. The van der Waals surface area contributed by atoms with E-state index >= 15 is 0 Å². The average molecular weight is 336 g/mol. The molecule has 7 heteroatoms. The molecule has 0 radical (unpaired) electrons. The third-order valence-electron chi connectivity index (χ3n) is 3.47. The Labute approximate surface area is 146 Å². The second-order valence-electron chi connectivity index (χ2n) is 5.40. The Hall–Kier alpha value is -3.06. The number of aliphatic hydroxyl groups excluding tert-OH is 1. The van der Waals surface area contributed by atoms with Gasteiger partial charge in [0.1, 0.15) is 5.82 Å². The molecule has 0 fully saturated rings. The van der Waals surface area contributed by atoms with Gasteiger partial charge in [-0.05, 0) is 30.2 Å². The first kappa shape index (κ1) is 16.8. The smallest absolute Gasteiger partial charge is 0.225 e. The van der Waals surface area contributed by atoms with Gasteiger partial charge in [-0.15, -0.1) is 0 Å². The number of hydrogen-bond acceptors (Lipinski definition) is 7. The van der Waals surface area contributed by atoms with Gasteiger partial charge in [0.2, 0.25) is 5.95 Å². The predicted octanol–water partition coefficient (Wildman–Crippen LogP) is 2.34. The van der Waals surface area contributed by atoms with Crippen LogP contribution in [-0.4, -0.2) is 38.2 Å². The standard InChI is InChI=1S/C18H20N6O/c25-10-4-9-21-18-23-16(15-6-1-2-8-20-15)11-17(24-18)22-13-14-5-3-7-19-12-14/h1-3,5-8,11-12,25H,4,9-10,13H2,(H2,21,22,23,24). The summed E-state index contributed by atoms with van der Waals surface area (Å²) in [5.74, 6) is 1.20. The number of nitrogens with one attached hydrogen (secondary N) is 2. The number of nitrogens with zero attached hydrogens (tertiary/aromatic N) is 4. The van der Waals surface area contributed by atoms with Crippen molar-refractivity contribution in [3.8, 4) is 11.4 Å². The predicted molar refractivity (Wildman–Crippen MR) is 97.0 cm³/mol. The van der Waals surface area contributed by atoms with Crippen molar-refractivity contribution >= 4 is 11.8 Å². The molecule has 0 aliphatic carbocycles. The number of aliphatic hydroxyl groups is 1. The van der Waals surface area contributed by atoms with Gasteiger partial charge in [0.05, 0.1) is 11.4 Å². The molecule has 128 valence electrons. The van der Waals surface area contributed by atoms with Crippen LogP contribution in [0, 0.1) is 0 Å². The zero-order valence-electron chi connectivity index (χ0n) is 13.8. The minimum absolute atomic E-state index is 0.124. The van der Waals surface area contributed by atoms with E-state index in [1.54, 1.807) is 12.4 Å². The first-order chi connectivity index (χ1) is 12.3. The van der Waals surface area contributed by atoms with Crippen LogP contribution in [0.5, 0.6) is 0 Å². The lowest BCUT2D eigenvalue weighted by Gasteiger charge is -2.11. The van der Waals surface area contributed by atoms with Crippen LogP contribution in [0.4, 0.5) is 11.8 Å². The van der Waals surface area contributed by atoms with Crippen molar-refractivity contribution in [2.24, 2.45) is 0 Å². The molecule has 0 unspecified atom stereocenters. The minimum atomic E-state index is 0.124. The molecular formula is C18H20N6O. The van der Waals surface area contributed by atoms with Crippen LogP contribution in [0.25, 0.3) is 11.4 Å². The maximum atomic E-state index is 8.93. The zero-order chi connectivity index (χ0) is 17.3. The highest BCUT2D eigenvalue weighted by atomic mass is 16.3. The molecule has 3 N–H and O–H groups in total. The Morgan fingerprint density at radius 2 is 1.92 bits per heavy atom. The summed E-state index contributed by atoms with van der Waals surface area (Å²) in [5, 5.41) is 15.4. The molecular weight excluding hydrogens is 316 g/mol. The Morgan fingerprint density at radius 1 is 0.960 bits per heavy atom. The second-order valence-corrected chi connectivity index (χ2v) is 5.40. The molecule has 0 aliphatic heterocycles. The largest absolute Gasteiger partial charge is 0.396 e. The maximum Gasteiger partial charge on any atom is 0.225 e. The first-order valence-electron chi connectivity index (χ1n) is 8.13. The van der Waals surface area contributed by atoms with Crippen molar-refractivity contribution in [2.75, 3.05) is 23.8 Å². The molecule has 3 aromatic heterocycles. The third-order valence-corrected chi connectivity index (χ3v) is 3.47. The molecule has 0 aromatic carbocycles. The quantitative estimate of drug-likeness (QED) is 0.543. The van der Waals surface area contributed by atoms with E-state index in [2.05, 4.69) is 30.6 Å². The second kappa shape index (κ2) is 8.70. The van der Waals surface area contributed by atoms with Crippen LogP contribution < -0.4 is 10.6 Å². The fraction of sp³-hybridized carbons (Fsp3) is 0.222. The molecule has 0 bridgehead atoms. The van der Waals surface area contributed by atoms with E-state index in [0.29, 0.717) is 31.3 Å². The summed E-state index contributed by atoms with van der Waals surface area (Å²) < 4.78 is 0. The van der Waals surface area contributed by atoms with Crippen molar-refractivity contribution in [2.45, 2.75) is 13.0 Å². The summed E-state index contributed by atoms with van der Waals surface area (Å²) in [4.78, 5) is 17.5. The van der Waals surface area contributed by atoms with Gasteiger partial charge in [0, 0.05) is 44.4 Å². The van der Waals surface area contributed by atoms with Crippen molar-refractivity contribution in [3.05, 3.63) is 60.6 Å². The summed E-state index contributed by atoms with van der Waals surface area (Å²) >= 11 is 0. The molecule has 0 amide bonds. The highest BCUT2D eigenvalue weighted by molar-refractivity contribution is 5.60. The highest BCUT2D eigenvalue weighted by Gasteiger charge is 2.07. The van der Waals surface area contributed by atoms with E-state index in [1.807, 2.05) is 42.6 Å². The summed E-state index contributed by atoms with van der Waals surface area (Å²) in [5.41, 5.74) is 2.57. The van der Waals surface area contributed by atoms with Crippen LogP contribution in [-0.2, 0) is 6.54 Å². The van der Waals surface area contributed by atoms with Gasteiger partial charge in [-0.25, -0.2) is 4.98 Å². The number of anilines is 2. The molecule has 3 heterocycles.